The number of hydrogen-bond donors (Lipinski definition) is 0. The number of para-hydroxylation sites is 1. The fraction of sp³-hybridized carbons (Fsp3) is 0. The minimum absolute atomic E-state index is 0.551. The van der Waals surface area contributed by atoms with Gasteiger partial charge in [-0.2, -0.15) is 0 Å². The Morgan fingerprint density at radius 1 is 0.186 bits per heavy atom. The van der Waals surface area contributed by atoms with Gasteiger partial charge in [-0.05, 0) is 220 Å². The van der Waals surface area contributed by atoms with E-state index in [4.69, 9.17) is 0 Å². The minimum atomic E-state index is 0.551. The van der Waals surface area contributed by atoms with Gasteiger partial charge in [-0.1, -0.05) is 273 Å². The van der Waals surface area contributed by atoms with E-state index in [1.165, 1.54) is 132 Å². The molecule has 0 N–H and O–H groups in total. The van der Waals surface area contributed by atoms with Crippen LogP contribution in [0.5, 0.6) is 0 Å². The lowest BCUT2D eigenvalue weighted by Gasteiger charge is -2.25. The van der Waals surface area contributed by atoms with Gasteiger partial charge in [0.25, 0.3) is 0 Å². The molecular weight excluding hydrogens is 1240 g/mol. The molecule has 0 atom stereocenters. The van der Waals surface area contributed by atoms with Crippen LogP contribution in [0, 0.1) is 0 Å². The summed E-state index contributed by atoms with van der Waals surface area (Å²) in [6.07, 6.45) is 8.48. The molecule has 2 heterocycles. The lowest BCUT2D eigenvalue weighted by molar-refractivity contribution is 1.01. The van der Waals surface area contributed by atoms with E-state index < -0.39 is 0 Å². The number of anilines is 6. The zero-order valence-corrected chi connectivity index (χ0v) is 55.2. The first-order chi connectivity index (χ1) is 50.7. The summed E-state index contributed by atoms with van der Waals surface area (Å²) in [5, 5.41) is 9.83. The van der Waals surface area contributed by atoms with E-state index in [1.54, 1.807) is 19.0 Å². The van der Waals surface area contributed by atoms with Crippen LogP contribution < -0.4 is 9.80 Å². The average molecular weight is 1300 g/mol. The summed E-state index contributed by atoms with van der Waals surface area (Å²) in [7, 11) is 0. The Morgan fingerprint density at radius 3 is 1.03 bits per heavy atom. The van der Waals surface area contributed by atoms with Gasteiger partial charge in [0.1, 0.15) is 19.0 Å². The third-order valence-corrected chi connectivity index (χ3v) is 20.7. The fourth-order valence-electron chi connectivity index (χ4n) is 16.5. The number of aromatic nitrogens is 5. The molecular formula is C95H59N7. The molecule has 0 unspecified atom stereocenters. The van der Waals surface area contributed by atoms with Crippen molar-refractivity contribution in [3.63, 3.8) is 0 Å². The van der Waals surface area contributed by atoms with Crippen LogP contribution in [0.25, 0.3) is 165 Å². The summed E-state index contributed by atoms with van der Waals surface area (Å²) >= 11 is 0. The largest absolute Gasteiger partial charge is 0.308 e. The second-order valence-corrected chi connectivity index (χ2v) is 26.2. The Kier molecular flexibility index (Phi) is 13.8. The monoisotopic (exact) mass is 1300 g/mol. The highest BCUT2D eigenvalue weighted by Gasteiger charge is 2.34. The zero-order chi connectivity index (χ0) is 67.2. The van der Waals surface area contributed by atoms with Crippen molar-refractivity contribution in [2.24, 2.45) is 0 Å². The molecule has 0 amide bonds. The van der Waals surface area contributed by atoms with Crippen LogP contribution in [0.3, 0.4) is 0 Å². The number of benzene rings is 16. The van der Waals surface area contributed by atoms with Crippen molar-refractivity contribution in [1.82, 2.24) is 24.9 Å². The Bertz CT molecular complexity index is 6190. The first-order valence-corrected chi connectivity index (χ1v) is 34.6. The Hall–Kier alpha value is -13.8. The molecule has 0 radical (unpaired) electrons. The molecule has 16 aromatic carbocycles. The predicted molar refractivity (Wildman–Crippen MR) is 422 cm³/mol. The Morgan fingerprint density at radius 2 is 0.539 bits per heavy atom. The standard InChI is InChI=1S/C95H59N7/c1-6-21-62(22-7-1)85-77-33-16-17-34-78(77)86(63-23-8-2-9-24-63)93-82-51-49-73(75-35-19-37-80(89(75)82)91(85)93)60-39-44-69(45-40-60)101(72-55-96-57-97-56-72)71-32-18-29-66(53-71)67-43-48-79-84(54-67)88(65-27-12-4-13-28-65)92-81-38-20-36-76-74(50-52-83(90(76)81)94(92)87(79)64-25-10-3-11-26-64)61-41-46-70(47-42-61)102(68-30-14-5-15-31-68)95-99-58-98-59-100-95/h1-59H. The quantitative estimate of drug-likeness (QED) is 0.114. The molecule has 474 valence electrons. The lowest BCUT2D eigenvalue weighted by Crippen LogP contribution is -2.13. The van der Waals surface area contributed by atoms with Gasteiger partial charge in [-0.3, -0.25) is 4.90 Å². The normalized spacial score (nSPS) is 11.7. The van der Waals surface area contributed by atoms with Gasteiger partial charge in [0.05, 0.1) is 18.1 Å². The maximum atomic E-state index is 4.60. The molecule has 0 bridgehead atoms. The van der Waals surface area contributed by atoms with Crippen molar-refractivity contribution < 1.29 is 0 Å². The summed E-state index contributed by atoms with van der Waals surface area (Å²) in [6.45, 7) is 0. The van der Waals surface area contributed by atoms with Gasteiger partial charge in [-0.25, -0.2) is 24.9 Å². The van der Waals surface area contributed by atoms with E-state index in [9.17, 15) is 0 Å². The maximum absolute atomic E-state index is 4.60. The molecule has 102 heavy (non-hydrogen) atoms. The molecule has 0 saturated carbocycles. The lowest BCUT2D eigenvalue weighted by atomic mass is 9.82. The van der Waals surface area contributed by atoms with Gasteiger partial charge in [-0.15, -0.1) is 0 Å². The van der Waals surface area contributed by atoms with Gasteiger partial charge in [0, 0.05) is 22.7 Å². The van der Waals surface area contributed by atoms with Crippen LogP contribution >= 0.6 is 0 Å². The SMILES string of the molecule is c1ccc(-c2c3c(c(-c4ccccc4)c4ccccc24)-c2ccc(-c4ccc(N(c5cncnc5)c5cccc(-c6ccc7c(-c8ccccc8)c8c(c(-c9ccccc9)c7c6)-c6cccc7c(-c9ccc(N(c%10ccccc%10)c%10ncncn%10)cc9)ccc-8c67)c5)cc4)c4cccc-3c24)cc1. The predicted octanol–water partition coefficient (Wildman–Crippen LogP) is 25.2. The topological polar surface area (TPSA) is 70.9 Å². The van der Waals surface area contributed by atoms with E-state index >= 15 is 0 Å². The first kappa shape index (κ1) is 58.4. The van der Waals surface area contributed by atoms with Crippen molar-refractivity contribution in [3.8, 4) is 122 Å². The fourth-order valence-corrected chi connectivity index (χ4v) is 16.5. The molecule has 2 aliphatic carbocycles. The van der Waals surface area contributed by atoms with Gasteiger partial charge >= 0.3 is 0 Å². The highest BCUT2D eigenvalue weighted by atomic mass is 15.3. The molecule has 20 rings (SSSR count). The van der Waals surface area contributed by atoms with Crippen LogP contribution in [0.2, 0.25) is 0 Å². The van der Waals surface area contributed by atoms with Gasteiger partial charge < -0.3 is 4.90 Å². The van der Waals surface area contributed by atoms with E-state index in [0.29, 0.717) is 5.95 Å². The minimum Gasteiger partial charge on any atom is -0.308 e. The molecule has 0 fully saturated rings. The van der Waals surface area contributed by atoms with Crippen LogP contribution in [0.1, 0.15) is 0 Å². The smallest absolute Gasteiger partial charge is 0.237 e. The molecule has 7 nitrogen and oxygen atoms in total. The summed E-state index contributed by atoms with van der Waals surface area (Å²) < 4.78 is 0. The van der Waals surface area contributed by atoms with E-state index in [-0.39, 0.29) is 0 Å². The van der Waals surface area contributed by atoms with Crippen molar-refractivity contribution in [1.29, 1.82) is 0 Å². The van der Waals surface area contributed by atoms with Crippen molar-refractivity contribution in [2.45, 2.75) is 0 Å². The van der Waals surface area contributed by atoms with Gasteiger partial charge in [0.2, 0.25) is 5.95 Å². The number of fused-ring (bicyclic) bond motifs is 8. The number of hydrogen-bond acceptors (Lipinski definition) is 7. The Labute approximate surface area is 590 Å². The molecule has 2 aromatic heterocycles. The molecule has 0 aliphatic heterocycles. The average Bonchev–Trinajstić information content (AvgIpc) is 1.52. The molecule has 7 heteroatoms. The third-order valence-electron chi connectivity index (χ3n) is 20.7. The second-order valence-electron chi connectivity index (χ2n) is 26.2. The van der Waals surface area contributed by atoms with Crippen LogP contribution in [0.15, 0.2) is 359 Å². The maximum Gasteiger partial charge on any atom is 0.237 e. The molecule has 0 saturated heterocycles. The van der Waals surface area contributed by atoms with Crippen molar-refractivity contribution >= 4 is 77.5 Å². The third kappa shape index (κ3) is 9.40. The summed E-state index contributed by atoms with van der Waals surface area (Å²) in [5.74, 6) is 0.551. The number of rotatable bonds is 13. The summed E-state index contributed by atoms with van der Waals surface area (Å²) in [4.78, 5) is 26.8. The summed E-state index contributed by atoms with van der Waals surface area (Å²) in [5.41, 5.74) is 31.3. The van der Waals surface area contributed by atoms with E-state index in [2.05, 4.69) is 344 Å². The zero-order valence-electron chi connectivity index (χ0n) is 55.2. The highest BCUT2D eigenvalue weighted by molar-refractivity contribution is 6.31. The van der Waals surface area contributed by atoms with Gasteiger partial charge in [0.15, 0.2) is 0 Å². The first-order valence-electron chi connectivity index (χ1n) is 34.6. The molecule has 0 spiro atoms. The van der Waals surface area contributed by atoms with E-state index in [0.717, 1.165) is 61.8 Å². The molecule has 18 aromatic rings. The number of nitrogens with zero attached hydrogens (tertiary/aromatic N) is 7. The highest BCUT2D eigenvalue weighted by Crippen LogP contribution is 2.61. The second kappa shape index (κ2) is 24.1. The van der Waals surface area contributed by atoms with Crippen LogP contribution in [0.4, 0.5) is 34.4 Å². The van der Waals surface area contributed by atoms with Crippen molar-refractivity contribution in [3.05, 3.63) is 359 Å². The van der Waals surface area contributed by atoms with E-state index in [1.807, 2.05) is 30.6 Å². The molecule has 2 aliphatic rings. The van der Waals surface area contributed by atoms with Crippen LogP contribution in [-0.4, -0.2) is 24.9 Å². The van der Waals surface area contributed by atoms with Crippen molar-refractivity contribution in [2.75, 3.05) is 9.80 Å². The Balaban J connectivity index is 0.702. The van der Waals surface area contributed by atoms with Crippen LogP contribution in [-0.2, 0) is 0 Å². The summed E-state index contributed by atoms with van der Waals surface area (Å²) in [6, 6.07) is 120.